The van der Waals surface area contributed by atoms with E-state index in [2.05, 4.69) is 20.9 Å². The van der Waals surface area contributed by atoms with E-state index in [0.717, 1.165) is 10.0 Å². The van der Waals surface area contributed by atoms with Crippen molar-refractivity contribution in [3.63, 3.8) is 0 Å². The fourth-order valence-electron chi connectivity index (χ4n) is 0.646. The minimum absolute atomic E-state index is 0. The Kier molecular flexibility index (Phi) is 5.06. The van der Waals surface area contributed by atoms with Crippen LogP contribution in [0.4, 0.5) is 0 Å². The molecule has 62 valence electrons. The molecule has 0 N–H and O–H groups in total. The fraction of sp³-hybridized carbons (Fsp3) is 0.286. The lowest BCUT2D eigenvalue weighted by molar-refractivity contribution is 1.05. The van der Waals surface area contributed by atoms with Crippen molar-refractivity contribution in [1.82, 2.24) is 4.98 Å². The molecule has 1 aromatic rings. The number of halogens is 3. The molecule has 0 saturated heterocycles. The van der Waals surface area contributed by atoms with E-state index in [1.165, 1.54) is 0 Å². The number of hydrogen-bond donors (Lipinski definition) is 0. The van der Waals surface area contributed by atoms with Crippen molar-refractivity contribution in [3.8, 4) is 0 Å². The first-order valence-corrected chi connectivity index (χ1v) is 4.17. The minimum atomic E-state index is 0. The smallest absolute Gasteiger partial charge is 0.0572 e. The van der Waals surface area contributed by atoms with Crippen LogP contribution in [0.3, 0.4) is 0 Å². The van der Waals surface area contributed by atoms with Gasteiger partial charge in [0.1, 0.15) is 0 Å². The topological polar surface area (TPSA) is 12.9 Å². The maximum Gasteiger partial charge on any atom is 0.0572 e. The Morgan fingerprint density at radius 1 is 1.55 bits per heavy atom. The lowest BCUT2D eigenvalue weighted by atomic mass is 10.2. The van der Waals surface area contributed by atoms with Crippen LogP contribution >= 0.6 is 39.9 Å². The van der Waals surface area contributed by atoms with Crippen LogP contribution in [0, 0.1) is 0 Å². The van der Waals surface area contributed by atoms with Crippen molar-refractivity contribution in [2.75, 3.05) is 0 Å². The largest absolute Gasteiger partial charge is 0.263 e. The molecule has 0 bridgehead atoms. The highest BCUT2D eigenvalue weighted by Gasteiger charge is 2.00. The van der Waals surface area contributed by atoms with Gasteiger partial charge in [-0.05, 0) is 34.5 Å². The van der Waals surface area contributed by atoms with Gasteiger partial charge in [0.05, 0.1) is 5.38 Å². The summed E-state index contributed by atoms with van der Waals surface area (Å²) in [6.45, 7) is 1.92. The second-order valence-electron chi connectivity index (χ2n) is 2.05. The molecule has 0 radical (unpaired) electrons. The Hall–Kier alpha value is 0.210. The van der Waals surface area contributed by atoms with Crippen molar-refractivity contribution >= 4 is 39.9 Å². The van der Waals surface area contributed by atoms with E-state index in [-0.39, 0.29) is 17.8 Å². The molecule has 1 aromatic heterocycles. The molecular weight excluding hydrogens is 249 g/mol. The van der Waals surface area contributed by atoms with E-state index in [4.69, 9.17) is 11.6 Å². The van der Waals surface area contributed by atoms with Crippen molar-refractivity contribution in [2.45, 2.75) is 12.3 Å². The molecule has 11 heavy (non-hydrogen) atoms. The van der Waals surface area contributed by atoms with Crippen molar-refractivity contribution in [1.29, 1.82) is 0 Å². The standard InChI is InChI=1S/C7H7BrClN.ClH/c1-5(9)6-2-7(8)4-10-3-6;/h2-5H,1H3;1H. The summed E-state index contributed by atoms with van der Waals surface area (Å²) in [5, 5.41) is 0.0324. The number of pyridine rings is 1. The fourth-order valence-corrected chi connectivity index (χ4v) is 1.15. The van der Waals surface area contributed by atoms with Crippen LogP contribution in [0.1, 0.15) is 17.9 Å². The molecule has 1 heterocycles. The Labute approximate surface area is 85.7 Å². The third kappa shape index (κ3) is 3.41. The van der Waals surface area contributed by atoms with E-state index in [1.54, 1.807) is 12.4 Å². The molecule has 0 amide bonds. The van der Waals surface area contributed by atoms with Gasteiger partial charge < -0.3 is 0 Å². The monoisotopic (exact) mass is 255 g/mol. The van der Waals surface area contributed by atoms with E-state index in [1.807, 2.05) is 13.0 Å². The Morgan fingerprint density at radius 3 is 2.55 bits per heavy atom. The van der Waals surface area contributed by atoms with Gasteiger partial charge in [-0.3, -0.25) is 4.98 Å². The summed E-state index contributed by atoms with van der Waals surface area (Å²) >= 11 is 9.12. The summed E-state index contributed by atoms with van der Waals surface area (Å²) in [6, 6.07) is 1.96. The van der Waals surface area contributed by atoms with Gasteiger partial charge in [0.2, 0.25) is 0 Å². The van der Waals surface area contributed by atoms with Crippen molar-refractivity contribution in [3.05, 3.63) is 28.5 Å². The summed E-state index contributed by atoms with van der Waals surface area (Å²) in [5.74, 6) is 0. The normalized spacial score (nSPS) is 11.9. The third-order valence-corrected chi connectivity index (χ3v) is 1.87. The van der Waals surface area contributed by atoms with Crippen LogP contribution in [0.2, 0.25) is 0 Å². The molecule has 0 saturated carbocycles. The molecule has 0 aliphatic rings. The van der Waals surface area contributed by atoms with E-state index >= 15 is 0 Å². The molecule has 1 rings (SSSR count). The molecule has 0 aliphatic carbocycles. The predicted octanol–water partition coefficient (Wildman–Crippen LogP) is 3.57. The van der Waals surface area contributed by atoms with Crippen LogP contribution in [0.15, 0.2) is 22.9 Å². The second kappa shape index (κ2) is 4.96. The SMILES string of the molecule is CC(Cl)c1cncc(Br)c1.Cl. The quantitative estimate of drug-likeness (QED) is 0.701. The van der Waals surface area contributed by atoms with Gasteiger partial charge >= 0.3 is 0 Å². The number of nitrogens with zero attached hydrogens (tertiary/aromatic N) is 1. The molecule has 1 nitrogen and oxygen atoms in total. The molecule has 0 aromatic carbocycles. The van der Waals surface area contributed by atoms with Crippen LogP contribution in [-0.4, -0.2) is 4.98 Å². The molecule has 1 unspecified atom stereocenters. The summed E-state index contributed by atoms with van der Waals surface area (Å²) in [5.41, 5.74) is 1.04. The lowest BCUT2D eigenvalue weighted by Crippen LogP contribution is -1.84. The second-order valence-corrected chi connectivity index (χ2v) is 3.62. The summed E-state index contributed by atoms with van der Waals surface area (Å²) in [4.78, 5) is 3.97. The molecule has 0 aliphatic heterocycles. The first-order valence-electron chi connectivity index (χ1n) is 2.94. The van der Waals surface area contributed by atoms with Gasteiger partial charge in [0.25, 0.3) is 0 Å². The van der Waals surface area contributed by atoms with Crippen molar-refractivity contribution in [2.24, 2.45) is 0 Å². The average Bonchev–Trinajstić information content (AvgIpc) is 1.88. The van der Waals surface area contributed by atoms with E-state index < -0.39 is 0 Å². The highest BCUT2D eigenvalue weighted by atomic mass is 79.9. The number of hydrogen-bond acceptors (Lipinski definition) is 1. The van der Waals surface area contributed by atoms with Crippen LogP contribution in [0.5, 0.6) is 0 Å². The average molecular weight is 257 g/mol. The minimum Gasteiger partial charge on any atom is -0.263 e. The van der Waals surface area contributed by atoms with Gasteiger partial charge in [0.15, 0.2) is 0 Å². The van der Waals surface area contributed by atoms with Gasteiger partial charge in [0, 0.05) is 16.9 Å². The Balaban J connectivity index is 0.000001000. The maximum atomic E-state index is 5.81. The molecule has 4 heteroatoms. The van der Waals surface area contributed by atoms with Gasteiger partial charge in [-0.1, -0.05) is 0 Å². The zero-order valence-electron chi connectivity index (χ0n) is 5.92. The highest BCUT2D eigenvalue weighted by Crippen LogP contribution is 2.20. The molecule has 1 atom stereocenters. The van der Waals surface area contributed by atoms with Crippen LogP contribution in [-0.2, 0) is 0 Å². The number of aromatic nitrogens is 1. The van der Waals surface area contributed by atoms with Gasteiger partial charge in [-0.15, -0.1) is 24.0 Å². The Morgan fingerprint density at radius 2 is 2.18 bits per heavy atom. The maximum absolute atomic E-state index is 5.81. The first-order chi connectivity index (χ1) is 4.70. The predicted molar refractivity (Wildman–Crippen MR) is 53.5 cm³/mol. The zero-order chi connectivity index (χ0) is 7.56. The zero-order valence-corrected chi connectivity index (χ0v) is 9.08. The molecule has 0 fully saturated rings. The highest BCUT2D eigenvalue weighted by molar-refractivity contribution is 9.10. The van der Waals surface area contributed by atoms with Gasteiger partial charge in [-0.2, -0.15) is 0 Å². The summed E-state index contributed by atoms with van der Waals surface area (Å²) in [6.07, 6.45) is 3.51. The summed E-state index contributed by atoms with van der Waals surface area (Å²) in [7, 11) is 0. The van der Waals surface area contributed by atoms with Crippen molar-refractivity contribution < 1.29 is 0 Å². The number of alkyl halides is 1. The molecular formula is C7H8BrCl2N. The Bertz CT molecular complexity index is 227. The van der Waals surface area contributed by atoms with E-state index in [0.29, 0.717) is 0 Å². The first kappa shape index (κ1) is 11.2. The number of rotatable bonds is 1. The summed E-state index contributed by atoms with van der Waals surface area (Å²) < 4.78 is 0.970. The molecule has 0 spiro atoms. The lowest BCUT2D eigenvalue weighted by Gasteiger charge is -2.00. The van der Waals surface area contributed by atoms with E-state index in [9.17, 15) is 0 Å². The van der Waals surface area contributed by atoms with Crippen LogP contribution < -0.4 is 0 Å². The van der Waals surface area contributed by atoms with Gasteiger partial charge in [-0.25, -0.2) is 0 Å². The third-order valence-electron chi connectivity index (χ3n) is 1.19. The van der Waals surface area contributed by atoms with Crippen LogP contribution in [0.25, 0.3) is 0 Å².